The standard InChI is InChI=1S/C15H22N2O2S/c1-16(2)6-7-19-14-11-3-4-13(14)17(9-11)15(18)12-5-8-20-10-12/h5,8,10-11,13-14H,3-4,6-7,9H2,1-2H3/t11-,13+,14-/m0/s1. The Morgan fingerprint density at radius 2 is 2.35 bits per heavy atom. The van der Waals surface area contributed by atoms with Crippen molar-refractivity contribution in [1.29, 1.82) is 0 Å². The van der Waals surface area contributed by atoms with Gasteiger partial charge in [-0.3, -0.25) is 4.79 Å². The minimum absolute atomic E-state index is 0.180. The predicted molar refractivity (Wildman–Crippen MR) is 80.2 cm³/mol. The smallest absolute Gasteiger partial charge is 0.255 e. The zero-order valence-corrected chi connectivity index (χ0v) is 12.9. The van der Waals surface area contributed by atoms with Gasteiger partial charge in [0.1, 0.15) is 0 Å². The molecule has 4 nitrogen and oxygen atoms in total. The number of carbonyl (C=O) groups excluding carboxylic acids is 1. The molecule has 1 saturated carbocycles. The lowest BCUT2D eigenvalue weighted by Crippen LogP contribution is -2.40. The van der Waals surface area contributed by atoms with E-state index in [1.54, 1.807) is 11.3 Å². The Balaban J connectivity index is 1.62. The molecule has 1 aromatic rings. The monoisotopic (exact) mass is 294 g/mol. The van der Waals surface area contributed by atoms with Crippen molar-refractivity contribution in [1.82, 2.24) is 9.80 Å². The maximum absolute atomic E-state index is 12.5. The SMILES string of the molecule is CN(C)CCO[C@H]1[C@H]2CC[C@H]1N(C(=O)c1ccsc1)C2. The van der Waals surface area contributed by atoms with E-state index in [0.29, 0.717) is 5.92 Å². The second-order valence-electron chi connectivity index (χ2n) is 6.01. The van der Waals surface area contributed by atoms with E-state index in [-0.39, 0.29) is 18.1 Å². The molecule has 0 spiro atoms. The number of rotatable bonds is 5. The third-order valence-corrected chi connectivity index (χ3v) is 5.07. The Morgan fingerprint density at radius 1 is 1.50 bits per heavy atom. The molecular formula is C15H22N2O2S. The molecule has 0 aromatic carbocycles. The Bertz CT molecular complexity index is 460. The van der Waals surface area contributed by atoms with E-state index in [1.807, 2.05) is 21.7 Å². The Hall–Kier alpha value is -0.910. The largest absolute Gasteiger partial charge is 0.374 e. The van der Waals surface area contributed by atoms with Gasteiger partial charge in [-0.05, 0) is 38.4 Å². The molecule has 20 heavy (non-hydrogen) atoms. The van der Waals surface area contributed by atoms with Gasteiger partial charge in [0.25, 0.3) is 5.91 Å². The highest BCUT2D eigenvalue weighted by atomic mass is 32.1. The van der Waals surface area contributed by atoms with Gasteiger partial charge in [0.2, 0.25) is 0 Å². The average molecular weight is 294 g/mol. The van der Waals surface area contributed by atoms with Crippen LogP contribution >= 0.6 is 11.3 Å². The van der Waals surface area contributed by atoms with Crippen LogP contribution in [0.1, 0.15) is 23.2 Å². The first-order valence-electron chi connectivity index (χ1n) is 7.26. The first-order chi connectivity index (χ1) is 9.66. The third kappa shape index (κ3) is 2.62. The summed E-state index contributed by atoms with van der Waals surface area (Å²) in [4.78, 5) is 16.7. The lowest BCUT2D eigenvalue weighted by molar-refractivity contribution is 0.0201. The molecule has 110 valence electrons. The number of piperidine rings is 1. The lowest BCUT2D eigenvalue weighted by Gasteiger charge is -2.27. The fourth-order valence-electron chi connectivity index (χ4n) is 3.35. The number of carbonyl (C=O) groups is 1. The molecule has 1 aliphatic heterocycles. The highest BCUT2D eigenvalue weighted by Gasteiger charge is 2.49. The van der Waals surface area contributed by atoms with Gasteiger partial charge in [0.05, 0.1) is 24.3 Å². The van der Waals surface area contributed by atoms with Crippen molar-refractivity contribution in [3.8, 4) is 0 Å². The minimum atomic E-state index is 0.180. The zero-order chi connectivity index (χ0) is 14.1. The van der Waals surface area contributed by atoms with Crippen molar-refractivity contribution >= 4 is 17.2 Å². The van der Waals surface area contributed by atoms with Crippen molar-refractivity contribution in [3.05, 3.63) is 22.4 Å². The number of thiophene rings is 1. The molecule has 3 atom stereocenters. The maximum atomic E-state index is 12.5. The molecule has 3 rings (SSSR count). The molecule has 2 aliphatic rings. The van der Waals surface area contributed by atoms with Crippen molar-refractivity contribution in [2.75, 3.05) is 33.8 Å². The van der Waals surface area contributed by atoms with Crippen molar-refractivity contribution in [3.63, 3.8) is 0 Å². The molecule has 2 heterocycles. The zero-order valence-electron chi connectivity index (χ0n) is 12.1. The predicted octanol–water partition coefficient (Wildman–Crippen LogP) is 1.93. The Morgan fingerprint density at radius 3 is 3.05 bits per heavy atom. The van der Waals surface area contributed by atoms with Gasteiger partial charge in [-0.25, -0.2) is 0 Å². The normalized spacial score (nSPS) is 28.6. The van der Waals surface area contributed by atoms with Crippen LogP contribution in [0.5, 0.6) is 0 Å². The van der Waals surface area contributed by atoms with Crippen molar-refractivity contribution in [2.24, 2.45) is 5.92 Å². The molecule has 2 fully saturated rings. The van der Waals surface area contributed by atoms with Gasteiger partial charge in [-0.15, -0.1) is 0 Å². The molecule has 1 aromatic heterocycles. The number of fused-ring (bicyclic) bond motifs is 2. The highest BCUT2D eigenvalue weighted by Crippen LogP contribution is 2.40. The molecule has 1 aliphatic carbocycles. The maximum Gasteiger partial charge on any atom is 0.255 e. The van der Waals surface area contributed by atoms with Gasteiger partial charge in [0, 0.05) is 24.4 Å². The number of likely N-dealkylation sites (N-methyl/N-ethyl adjacent to an activating group) is 1. The summed E-state index contributed by atoms with van der Waals surface area (Å²) < 4.78 is 6.07. The summed E-state index contributed by atoms with van der Waals surface area (Å²) in [5.74, 6) is 0.712. The summed E-state index contributed by atoms with van der Waals surface area (Å²) >= 11 is 1.58. The fraction of sp³-hybridized carbons (Fsp3) is 0.667. The van der Waals surface area contributed by atoms with Crippen molar-refractivity contribution < 1.29 is 9.53 Å². The van der Waals surface area contributed by atoms with E-state index in [4.69, 9.17) is 4.74 Å². The Kier molecular flexibility index (Phi) is 4.10. The van der Waals surface area contributed by atoms with Crippen LogP contribution in [0.3, 0.4) is 0 Å². The van der Waals surface area contributed by atoms with Crippen molar-refractivity contribution in [2.45, 2.75) is 25.0 Å². The van der Waals surface area contributed by atoms with E-state index in [1.165, 1.54) is 6.42 Å². The van der Waals surface area contributed by atoms with Gasteiger partial charge < -0.3 is 14.5 Å². The van der Waals surface area contributed by atoms with E-state index < -0.39 is 0 Å². The topological polar surface area (TPSA) is 32.8 Å². The Labute approximate surface area is 124 Å². The summed E-state index contributed by atoms with van der Waals surface area (Å²) in [7, 11) is 4.11. The second-order valence-corrected chi connectivity index (χ2v) is 6.79. The summed E-state index contributed by atoms with van der Waals surface area (Å²) in [6.45, 7) is 2.56. The first kappa shape index (κ1) is 14.0. The molecule has 0 unspecified atom stereocenters. The average Bonchev–Trinajstić information content (AvgIpc) is 3.13. The second kappa shape index (κ2) is 5.84. The van der Waals surface area contributed by atoms with Crippen LogP contribution < -0.4 is 0 Å². The van der Waals surface area contributed by atoms with E-state index in [0.717, 1.165) is 31.7 Å². The number of amides is 1. The van der Waals surface area contributed by atoms with Crippen LogP contribution in [0, 0.1) is 5.92 Å². The highest BCUT2D eigenvalue weighted by molar-refractivity contribution is 7.08. The molecule has 0 N–H and O–H groups in total. The fourth-order valence-corrected chi connectivity index (χ4v) is 3.98. The number of hydrogen-bond donors (Lipinski definition) is 0. The number of hydrogen-bond acceptors (Lipinski definition) is 4. The number of ether oxygens (including phenoxy) is 1. The van der Waals surface area contributed by atoms with E-state index in [2.05, 4.69) is 19.0 Å². The number of nitrogens with zero attached hydrogens (tertiary/aromatic N) is 2. The van der Waals surface area contributed by atoms with E-state index in [9.17, 15) is 4.79 Å². The molecule has 1 saturated heterocycles. The quantitative estimate of drug-likeness (QED) is 0.832. The van der Waals surface area contributed by atoms with Crippen LogP contribution in [0.4, 0.5) is 0 Å². The van der Waals surface area contributed by atoms with Crippen LogP contribution in [-0.4, -0.2) is 61.6 Å². The van der Waals surface area contributed by atoms with Gasteiger partial charge in [-0.1, -0.05) is 0 Å². The lowest BCUT2D eigenvalue weighted by atomic mass is 10.1. The summed E-state index contributed by atoms with van der Waals surface area (Å²) in [5.41, 5.74) is 0.828. The van der Waals surface area contributed by atoms with Crippen LogP contribution in [0.2, 0.25) is 0 Å². The summed E-state index contributed by atoms with van der Waals surface area (Å²) in [6, 6.07) is 2.20. The van der Waals surface area contributed by atoms with Gasteiger partial charge in [0.15, 0.2) is 0 Å². The number of likely N-dealkylation sites (tertiary alicyclic amines) is 1. The van der Waals surface area contributed by atoms with Gasteiger partial charge >= 0.3 is 0 Å². The summed E-state index contributed by atoms with van der Waals surface area (Å²) in [5, 5.41) is 3.91. The minimum Gasteiger partial charge on any atom is -0.374 e. The molecule has 2 bridgehead atoms. The third-order valence-electron chi connectivity index (χ3n) is 4.39. The summed E-state index contributed by atoms with van der Waals surface area (Å²) in [6.07, 6.45) is 2.54. The van der Waals surface area contributed by atoms with Gasteiger partial charge in [-0.2, -0.15) is 11.3 Å². The van der Waals surface area contributed by atoms with Crippen LogP contribution in [0.15, 0.2) is 16.8 Å². The molecule has 5 heteroatoms. The molecule has 1 amide bonds. The molecule has 0 radical (unpaired) electrons. The molecular weight excluding hydrogens is 272 g/mol. The van der Waals surface area contributed by atoms with Crippen LogP contribution in [0.25, 0.3) is 0 Å². The van der Waals surface area contributed by atoms with Crippen LogP contribution in [-0.2, 0) is 4.74 Å². The first-order valence-corrected chi connectivity index (χ1v) is 8.20. The van der Waals surface area contributed by atoms with E-state index >= 15 is 0 Å².